The van der Waals surface area contributed by atoms with Gasteiger partial charge in [0.2, 0.25) is 5.91 Å². The third-order valence-corrected chi connectivity index (χ3v) is 7.24. The lowest BCUT2D eigenvalue weighted by molar-refractivity contribution is -0.119. The number of nitrogens with one attached hydrogen (secondary N) is 1. The van der Waals surface area contributed by atoms with Crippen LogP contribution in [0, 0.1) is 0 Å². The molecule has 0 spiro atoms. The average Bonchev–Trinajstić information content (AvgIpc) is 3.29. The number of aromatic carboxylic acids is 1. The molecule has 3 amide bonds. The Labute approximate surface area is 223 Å². The van der Waals surface area contributed by atoms with Crippen LogP contribution >= 0.6 is 11.8 Å². The van der Waals surface area contributed by atoms with Crippen molar-refractivity contribution in [3.63, 3.8) is 0 Å². The first kappa shape index (κ1) is 25.0. The number of hydrogen-bond donors (Lipinski definition) is 2. The van der Waals surface area contributed by atoms with Gasteiger partial charge in [-0.1, -0.05) is 72.8 Å². The van der Waals surface area contributed by atoms with E-state index in [9.17, 15) is 24.3 Å². The van der Waals surface area contributed by atoms with E-state index in [2.05, 4.69) is 5.32 Å². The number of nitrogens with zero attached hydrogens (tertiary/aromatic N) is 1. The third-order valence-electron chi connectivity index (χ3n) is 6.20. The van der Waals surface area contributed by atoms with Gasteiger partial charge in [-0.25, -0.2) is 4.79 Å². The Balaban J connectivity index is 1.44. The largest absolute Gasteiger partial charge is 0.478 e. The molecular weight excluding hydrogens is 500 g/mol. The highest BCUT2D eigenvalue weighted by Gasteiger charge is 2.32. The summed E-state index contributed by atoms with van der Waals surface area (Å²) in [6.45, 7) is 0.172. The molecule has 1 heterocycles. The maximum absolute atomic E-state index is 13.7. The van der Waals surface area contributed by atoms with Crippen LogP contribution in [-0.2, 0) is 11.3 Å². The fourth-order valence-corrected chi connectivity index (χ4v) is 5.07. The van der Waals surface area contributed by atoms with Crippen molar-refractivity contribution in [2.45, 2.75) is 11.8 Å². The zero-order valence-corrected chi connectivity index (χ0v) is 20.9. The monoisotopic (exact) mass is 522 g/mol. The van der Waals surface area contributed by atoms with Crippen LogP contribution in [-0.4, -0.2) is 28.1 Å². The summed E-state index contributed by atoms with van der Waals surface area (Å²) >= 11 is 0.930. The lowest BCUT2D eigenvalue weighted by Crippen LogP contribution is -2.30. The molecule has 7 nitrogen and oxygen atoms in total. The molecule has 1 atom stereocenters. The molecule has 8 heteroatoms. The molecule has 0 aliphatic carbocycles. The lowest BCUT2D eigenvalue weighted by Gasteiger charge is -2.24. The van der Waals surface area contributed by atoms with Gasteiger partial charge < -0.3 is 10.0 Å². The molecule has 0 bridgehead atoms. The van der Waals surface area contributed by atoms with Crippen molar-refractivity contribution in [1.82, 2.24) is 5.32 Å². The molecule has 1 unspecified atom stereocenters. The molecule has 1 aliphatic rings. The number of carbonyl (C=O) groups is 4. The van der Waals surface area contributed by atoms with Gasteiger partial charge >= 0.3 is 5.97 Å². The van der Waals surface area contributed by atoms with Gasteiger partial charge in [-0.3, -0.25) is 19.7 Å². The number of imide groups is 1. The fourth-order valence-electron chi connectivity index (χ4n) is 4.23. The first-order valence-electron chi connectivity index (χ1n) is 11.8. The molecule has 1 saturated heterocycles. The van der Waals surface area contributed by atoms with Crippen LogP contribution in [0.4, 0.5) is 10.5 Å². The minimum Gasteiger partial charge on any atom is -0.478 e. The van der Waals surface area contributed by atoms with E-state index in [-0.39, 0.29) is 29.2 Å². The maximum atomic E-state index is 13.7. The Bertz CT molecular complexity index is 1520. The quantitative estimate of drug-likeness (QED) is 0.312. The Morgan fingerprint density at radius 1 is 0.789 bits per heavy atom. The van der Waals surface area contributed by atoms with E-state index in [0.717, 1.165) is 28.5 Å². The highest BCUT2D eigenvalue weighted by molar-refractivity contribution is 8.15. The van der Waals surface area contributed by atoms with Gasteiger partial charge in [-0.2, -0.15) is 0 Å². The highest BCUT2D eigenvalue weighted by atomic mass is 32.2. The predicted molar refractivity (Wildman–Crippen MR) is 146 cm³/mol. The van der Waals surface area contributed by atoms with Crippen LogP contribution in [0.1, 0.15) is 37.1 Å². The zero-order valence-electron chi connectivity index (χ0n) is 20.0. The molecule has 1 aliphatic heterocycles. The summed E-state index contributed by atoms with van der Waals surface area (Å²) in [5, 5.41) is 10.8. The van der Waals surface area contributed by atoms with Gasteiger partial charge in [-0.15, -0.1) is 0 Å². The van der Waals surface area contributed by atoms with Gasteiger partial charge in [-0.05, 0) is 64.3 Å². The number of carboxylic acids is 1. The van der Waals surface area contributed by atoms with Crippen LogP contribution in [0.5, 0.6) is 0 Å². The number of amides is 3. The average molecular weight is 523 g/mol. The van der Waals surface area contributed by atoms with Gasteiger partial charge in [0.1, 0.15) is 5.25 Å². The van der Waals surface area contributed by atoms with Gasteiger partial charge in [0.05, 0.1) is 12.1 Å². The predicted octanol–water partition coefficient (Wildman–Crippen LogP) is 5.92. The SMILES string of the molecule is O=C1NC(=O)C(c2ccc(CN(C(=O)c3ccc(-c4ccccc4)cc3)c3cccc(C(=O)O)c3)cc2)S1. The molecule has 1 fully saturated rings. The molecule has 4 aromatic rings. The minimum atomic E-state index is -1.09. The van der Waals surface area contributed by atoms with Crippen molar-refractivity contribution in [2.75, 3.05) is 4.90 Å². The van der Waals surface area contributed by atoms with Gasteiger partial charge in [0.25, 0.3) is 11.1 Å². The summed E-state index contributed by atoms with van der Waals surface area (Å²) in [7, 11) is 0. The normalized spacial score (nSPS) is 14.7. The second-order valence-electron chi connectivity index (χ2n) is 8.71. The molecule has 5 rings (SSSR count). The van der Waals surface area contributed by atoms with E-state index in [0.29, 0.717) is 16.8 Å². The summed E-state index contributed by atoms with van der Waals surface area (Å²) < 4.78 is 0. The van der Waals surface area contributed by atoms with Crippen LogP contribution in [0.15, 0.2) is 103 Å². The molecule has 0 radical (unpaired) electrons. The topological polar surface area (TPSA) is 104 Å². The van der Waals surface area contributed by atoms with E-state index < -0.39 is 11.2 Å². The molecule has 188 valence electrons. The lowest BCUT2D eigenvalue weighted by atomic mass is 10.0. The van der Waals surface area contributed by atoms with Crippen LogP contribution in [0.2, 0.25) is 0 Å². The summed E-state index contributed by atoms with van der Waals surface area (Å²) in [6.07, 6.45) is 0. The summed E-state index contributed by atoms with van der Waals surface area (Å²) in [4.78, 5) is 50.4. The van der Waals surface area contributed by atoms with Crippen molar-refractivity contribution in [2.24, 2.45) is 0 Å². The second-order valence-corrected chi connectivity index (χ2v) is 9.78. The van der Waals surface area contributed by atoms with Crippen molar-refractivity contribution in [1.29, 1.82) is 0 Å². The molecule has 2 N–H and O–H groups in total. The standard InChI is InChI=1S/C30H22N2O5S/c33-27-26(38-30(37)31-27)22-11-9-19(10-12-22)18-32(25-8-4-7-24(17-25)29(35)36)28(34)23-15-13-21(14-16-23)20-5-2-1-3-6-20/h1-17,26H,18H2,(H,35,36)(H,31,33,37). The number of rotatable bonds is 7. The van der Waals surface area contributed by atoms with Gasteiger partial charge in [0, 0.05) is 11.3 Å². The maximum Gasteiger partial charge on any atom is 0.335 e. The Kier molecular flexibility index (Phi) is 7.06. The summed E-state index contributed by atoms with van der Waals surface area (Å²) in [5.74, 6) is -1.72. The van der Waals surface area contributed by atoms with Crippen molar-refractivity contribution in [3.05, 3.63) is 125 Å². The van der Waals surface area contributed by atoms with Crippen molar-refractivity contribution < 1.29 is 24.3 Å². The zero-order chi connectivity index (χ0) is 26.6. The highest BCUT2D eigenvalue weighted by Crippen LogP contribution is 2.34. The van der Waals surface area contributed by atoms with E-state index in [1.54, 1.807) is 48.5 Å². The van der Waals surface area contributed by atoms with E-state index in [4.69, 9.17) is 0 Å². The van der Waals surface area contributed by atoms with Crippen LogP contribution < -0.4 is 10.2 Å². The molecule has 0 aromatic heterocycles. The molecule has 0 saturated carbocycles. The summed E-state index contributed by atoms with van der Waals surface area (Å²) in [5.41, 5.74) is 4.45. The van der Waals surface area contributed by atoms with Crippen LogP contribution in [0.25, 0.3) is 11.1 Å². The van der Waals surface area contributed by atoms with Crippen LogP contribution in [0.3, 0.4) is 0 Å². The molecule has 38 heavy (non-hydrogen) atoms. The number of carboxylic acid groups (broad SMARTS) is 1. The number of carbonyl (C=O) groups excluding carboxylic acids is 3. The minimum absolute atomic E-state index is 0.0732. The third kappa shape index (κ3) is 5.35. The van der Waals surface area contributed by atoms with E-state index in [1.807, 2.05) is 42.5 Å². The first-order valence-corrected chi connectivity index (χ1v) is 12.7. The second kappa shape index (κ2) is 10.7. The number of hydrogen-bond acceptors (Lipinski definition) is 5. The van der Waals surface area contributed by atoms with Gasteiger partial charge in [0.15, 0.2) is 0 Å². The van der Waals surface area contributed by atoms with Crippen molar-refractivity contribution >= 4 is 40.5 Å². The number of benzene rings is 4. The summed E-state index contributed by atoms with van der Waals surface area (Å²) in [6, 6.07) is 30.5. The van der Waals surface area contributed by atoms with E-state index >= 15 is 0 Å². The molecule has 4 aromatic carbocycles. The Hall–Kier alpha value is -4.69. The molecular formula is C30H22N2O5S. The number of thioether (sulfide) groups is 1. The Morgan fingerprint density at radius 2 is 1.47 bits per heavy atom. The Morgan fingerprint density at radius 3 is 2.11 bits per heavy atom. The number of anilines is 1. The fraction of sp³-hybridized carbons (Fsp3) is 0.0667. The van der Waals surface area contributed by atoms with Crippen molar-refractivity contribution in [3.8, 4) is 11.1 Å². The first-order chi connectivity index (χ1) is 18.4. The smallest absolute Gasteiger partial charge is 0.335 e. The van der Waals surface area contributed by atoms with E-state index in [1.165, 1.54) is 17.0 Å².